The molecule has 0 aromatic heterocycles. The maximum Gasteiger partial charge on any atom is 0.221 e. The fourth-order valence-corrected chi connectivity index (χ4v) is 5.90. The Balaban J connectivity index is 1.41. The first-order valence-corrected chi connectivity index (χ1v) is 9.42. The molecule has 0 aliphatic heterocycles. The number of halogens is 1. The van der Waals surface area contributed by atoms with E-state index < -0.39 is 0 Å². The number of rotatable bonds is 6. The Hall–Kier alpha value is -1.02. The van der Waals surface area contributed by atoms with E-state index in [1.807, 2.05) is 0 Å². The summed E-state index contributed by atoms with van der Waals surface area (Å²) in [5, 5.41) is -0.286. The molecule has 1 aromatic carbocycles. The van der Waals surface area contributed by atoms with E-state index in [1.165, 1.54) is 44.1 Å². The van der Waals surface area contributed by atoms with Gasteiger partial charge in [0.2, 0.25) is 5.24 Å². The summed E-state index contributed by atoms with van der Waals surface area (Å²) in [6.45, 7) is 0.551. The second-order valence-electron chi connectivity index (χ2n) is 8.03. The van der Waals surface area contributed by atoms with Gasteiger partial charge in [0.1, 0.15) is 5.75 Å². The Morgan fingerprint density at radius 3 is 2.13 bits per heavy atom. The van der Waals surface area contributed by atoms with Crippen LogP contribution in [0.2, 0.25) is 0 Å². The van der Waals surface area contributed by atoms with Gasteiger partial charge in [0, 0.05) is 6.42 Å². The zero-order valence-corrected chi connectivity index (χ0v) is 14.4. The van der Waals surface area contributed by atoms with E-state index in [1.54, 1.807) is 0 Å². The SMILES string of the molecule is O=C(Cl)CCCOc1ccc(C23CC4CC(CC(C4)C2)C3)cc1. The van der Waals surface area contributed by atoms with Crippen LogP contribution in [0.1, 0.15) is 56.9 Å². The molecule has 4 bridgehead atoms. The minimum Gasteiger partial charge on any atom is -0.494 e. The van der Waals surface area contributed by atoms with Gasteiger partial charge in [-0.1, -0.05) is 12.1 Å². The Morgan fingerprint density at radius 2 is 1.61 bits per heavy atom. The topological polar surface area (TPSA) is 26.3 Å². The van der Waals surface area contributed by atoms with Crippen molar-refractivity contribution < 1.29 is 9.53 Å². The fraction of sp³-hybridized carbons (Fsp3) is 0.650. The minimum absolute atomic E-state index is 0.286. The molecule has 4 saturated carbocycles. The molecule has 3 heteroatoms. The molecule has 1 aromatic rings. The molecule has 4 aliphatic carbocycles. The molecule has 4 fully saturated rings. The quantitative estimate of drug-likeness (QED) is 0.536. The highest BCUT2D eigenvalue weighted by molar-refractivity contribution is 6.63. The van der Waals surface area contributed by atoms with Gasteiger partial charge in [0.05, 0.1) is 6.61 Å². The molecule has 2 nitrogen and oxygen atoms in total. The highest BCUT2D eigenvalue weighted by Gasteiger charge is 2.51. The van der Waals surface area contributed by atoms with E-state index in [9.17, 15) is 4.79 Å². The third kappa shape index (κ3) is 3.15. The predicted molar refractivity (Wildman–Crippen MR) is 91.9 cm³/mol. The molecule has 0 N–H and O–H groups in total. The van der Waals surface area contributed by atoms with Gasteiger partial charge in [-0.3, -0.25) is 4.79 Å². The van der Waals surface area contributed by atoms with Gasteiger partial charge >= 0.3 is 0 Å². The minimum atomic E-state index is -0.286. The number of carbonyl (C=O) groups is 1. The van der Waals surface area contributed by atoms with Crippen LogP contribution in [-0.4, -0.2) is 11.8 Å². The predicted octanol–water partition coefficient (Wildman–Crippen LogP) is 5.08. The smallest absolute Gasteiger partial charge is 0.221 e. The van der Waals surface area contributed by atoms with Crippen molar-refractivity contribution in [3.63, 3.8) is 0 Å². The highest BCUT2D eigenvalue weighted by Crippen LogP contribution is 2.60. The molecule has 0 atom stereocenters. The van der Waals surface area contributed by atoms with Crippen molar-refractivity contribution in [1.82, 2.24) is 0 Å². The molecule has 4 aliphatic rings. The van der Waals surface area contributed by atoms with E-state index in [2.05, 4.69) is 24.3 Å². The second-order valence-corrected chi connectivity index (χ2v) is 8.45. The number of hydrogen-bond acceptors (Lipinski definition) is 2. The van der Waals surface area contributed by atoms with Crippen LogP contribution in [0.15, 0.2) is 24.3 Å². The van der Waals surface area contributed by atoms with Crippen molar-refractivity contribution in [2.75, 3.05) is 6.61 Å². The Morgan fingerprint density at radius 1 is 1.04 bits per heavy atom. The zero-order chi connectivity index (χ0) is 15.9. The monoisotopic (exact) mass is 332 g/mol. The second kappa shape index (κ2) is 6.12. The lowest BCUT2D eigenvalue weighted by Crippen LogP contribution is -2.48. The lowest BCUT2D eigenvalue weighted by Gasteiger charge is -2.57. The molecule has 23 heavy (non-hydrogen) atoms. The van der Waals surface area contributed by atoms with E-state index in [0.29, 0.717) is 24.9 Å². The third-order valence-electron chi connectivity index (χ3n) is 6.29. The van der Waals surface area contributed by atoms with Gasteiger partial charge in [-0.15, -0.1) is 0 Å². The van der Waals surface area contributed by atoms with Gasteiger partial charge in [0.15, 0.2) is 0 Å². The Kier molecular flexibility index (Phi) is 4.13. The van der Waals surface area contributed by atoms with E-state index in [0.717, 1.165) is 23.5 Å². The highest BCUT2D eigenvalue weighted by atomic mass is 35.5. The molecule has 5 rings (SSSR count). The van der Waals surface area contributed by atoms with Gasteiger partial charge in [0.25, 0.3) is 0 Å². The van der Waals surface area contributed by atoms with Gasteiger partial charge in [-0.25, -0.2) is 0 Å². The van der Waals surface area contributed by atoms with Crippen LogP contribution >= 0.6 is 11.6 Å². The number of carbonyl (C=O) groups excluding carboxylic acids is 1. The summed E-state index contributed by atoms with van der Waals surface area (Å²) in [7, 11) is 0. The third-order valence-corrected chi connectivity index (χ3v) is 6.48. The summed E-state index contributed by atoms with van der Waals surface area (Å²) in [5.41, 5.74) is 1.98. The van der Waals surface area contributed by atoms with Crippen molar-refractivity contribution in [3.8, 4) is 5.75 Å². The van der Waals surface area contributed by atoms with Crippen LogP contribution in [0.4, 0.5) is 0 Å². The van der Waals surface area contributed by atoms with Gasteiger partial charge in [-0.2, -0.15) is 0 Å². The first-order valence-electron chi connectivity index (χ1n) is 9.05. The van der Waals surface area contributed by atoms with Crippen LogP contribution in [0.25, 0.3) is 0 Å². The van der Waals surface area contributed by atoms with Crippen molar-refractivity contribution in [3.05, 3.63) is 29.8 Å². The summed E-state index contributed by atoms with van der Waals surface area (Å²) >= 11 is 5.34. The zero-order valence-electron chi connectivity index (χ0n) is 13.6. The number of hydrogen-bond donors (Lipinski definition) is 0. The molecular weight excluding hydrogens is 308 g/mol. The standard InChI is InChI=1S/C20H25ClO2/c21-19(22)2-1-7-23-18-5-3-17(4-6-18)20-11-14-8-15(12-20)10-16(9-14)13-20/h3-6,14-16H,1-2,7-13H2. The lowest BCUT2D eigenvalue weighted by molar-refractivity contribution is -0.111. The van der Waals surface area contributed by atoms with Crippen LogP contribution in [0, 0.1) is 17.8 Å². The first-order chi connectivity index (χ1) is 11.1. The molecule has 0 amide bonds. The summed E-state index contributed by atoms with van der Waals surface area (Å²) < 4.78 is 5.72. The van der Waals surface area contributed by atoms with Gasteiger partial charge < -0.3 is 4.74 Å². The average Bonchev–Trinajstić information content (AvgIpc) is 2.51. The first kappa shape index (κ1) is 15.5. The molecule has 124 valence electrons. The fourth-order valence-electron chi connectivity index (χ4n) is 5.77. The summed E-state index contributed by atoms with van der Waals surface area (Å²) in [6.07, 6.45) is 9.72. The molecule has 0 radical (unpaired) electrons. The van der Waals surface area contributed by atoms with Crippen molar-refractivity contribution >= 4 is 16.8 Å². The van der Waals surface area contributed by atoms with Crippen molar-refractivity contribution in [1.29, 1.82) is 0 Å². The van der Waals surface area contributed by atoms with Crippen LogP contribution < -0.4 is 4.74 Å². The number of ether oxygens (including phenoxy) is 1. The molecule has 0 spiro atoms. The van der Waals surface area contributed by atoms with E-state index >= 15 is 0 Å². The van der Waals surface area contributed by atoms with Crippen molar-refractivity contribution in [2.45, 2.75) is 56.8 Å². The van der Waals surface area contributed by atoms with Crippen LogP contribution in [0.3, 0.4) is 0 Å². The Labute approximate surface area is 143 Å². The van der Waals surface area contributed by atoms with E-state index in [-0.39, 0.29) is 5.24 Å². The number of benzene rings is 1. The Bertz CT molecular complexity index is 543. The molecule has 0 heterocycles. The molecule has 0 unspecified atom stereocenters. The summed E-state index contributed by atoms with van der Waals surface area (Å²) in [4.78, 5) is 10.7. The normalized spacial score (nSPS) is 34.6. The van der Waals surface area contributed by atoms with Crippen LogP contribution in [-0.2, 0) is 10.2 Å². The van der Waals surface area contributed by atoms with Crippen molar-refractivity contribution in [2.24, 2.45) is 17.8 Å². The molecular formula is C20H25ClO2. The lowest BCUT2D eigenvalue weighted by atomic mass is 9.48. The maximum atomic E-state index is 10.7. The average molecular weight is 333 g/mol. The van der Waals surface area contributed by atoms with E-state index in [4.69, 9.17) is 16.3 Å². The molecule has 0 saturated heterocycles. The largest absolute Gasteiger partial charge is 0.494 e. The maximum absolute atomic E-state index is 10.7. The summed E-state index contributed by atoms with van der Waals surface area (Å²) in [5.74, 6) is 3.83. The van der Waals surface area contributed by atoms with Crippen LogP contribution in [0.5, 0.6) is 5.75 Å². The van der Waals surface area contributed by atoms with Gasteiger partial charge in [-0.05, 0) is 97.4 Å². The summed E-state index contributed by atoms with van der Waals surface area (Å²) in [6, 6.07) is 8.79.